The summed E-state index contributed by atoms with van der Waals surface area (Å²) < 4.78 is 0. The number of rotatable bonds is 4. The first-order valence-electron chi connectivity index (χ1n) is 4.95. The minimum atomic E-state index is 0.697. The van der Waals surface area contributed by atoms with Crippen molar-refractivity contribution in [1.29, 1.82) is 0 Å². The van der Waals surface area contributed by atoms with Gasteiger partial charge in [-0.25, -0.2) is 0 Å². The van der Waals surface area contributed by atoms with Crippen molar-refractivity contribution in [2.75, 3.05) is 39.8 Å². The summed E-state index contributed by atoms with van der Waals surface area (Å²) in [6.07, 6.45) is 1.25. The van der Waals surface area contributed by atoms with Gasteiger partial charge in [-0.3, -0.25) is 0 Å². The number of hydrogen-bond donors (Lipinski definition) is 2. The van der Waals surface area contributed by atoms with Gasteiger partial charge in [0.15, 0.2) is 0 Å². The lowest BCUT2D eigenvalue weighted by molar-refractivity contribution is 0.231. The quantitative estimate of drug-likeness (QED) is 0.578. The zero-order valence-corrected chi connectivity index (χ0v) is 8.27. The molecule has 0 saturated carbocycles. The van der Waals surface area contributed by atoms with Crippen LogP contribution in [0.2, 0.25) is 0 Å². The van der Waals surface area contributed by atoms with Crippen molar-refractivity contribution in [3.8, 4) is 0 Å². The first-order valence-corrected chi connectivity index (χ1v) is 4.95. The average molecular weight is 171 g/mol. The number of nitrogens with zero attached hydrogens (tertiary/aromatic N) is 1. The minimum Gasteiger partial charge on any atom is -0.317 e. The molecular formula is C9H21N3. The Hall–Kier alpha value is -0.120. The molecule has 0 spiro atoms. The molecule has 1 heterocycles. The normalized spacial score (nSPS) is 26.0. The Morgan fingerprint density at radius 2 is 2.42 bits per heavy atom. The summed E-state index contributed by atoms with van der Waals surface area (Å²) in [5.41, 5.74) is 0. The predicted molar refractivity (Wildman–Crippen MR) is 52.4 cm³/mol. The molecule has 0 amide bonds. The maximum Gasteiger partial charge on any atom is 0.0207 e. The van der Waals surface area contributed by atoms with Crippen LogP contribution in [0.25, 0.3) is 0 Å². The molecule has 1 atom stereocenters. The monoisotopic (exact) mass is 171 g/mol. The summed E-state index contributed by atoms with van der Waals surface area (Å²) in [6, 6.07) is 0.697. The van der Waals surface area contributed by atoms with E-state index in [1.54, 1.807) is 0 Å². The molecule has 0 unspecified atom stereocenters. The molecule has 1 rings (SSSR count). The van der Waals surface area contributed by atoms with Crippen molar-refractivity contribution in [3.05, 3.63) is 0 Å². The lowest BCUT2D eigenvalue weighted by Gasteiger charge is -2.30. The van der Waals surface area contributed by atoms with Crippen molar-refractivity contribution in [3.63, 3.8) is 0 Å². The Morgan fingerprint density at radius 1 is 1.58 bits per heavy atom. The van der Waals surface area contributed by atoms with Crippen LogP contribution in [-0.2, 0) is 0 Å². The molecule has 1 saturated heterocycles. The Bertz CT molecular complexity index is 116. The lowest BCUT2D eigenvalue weighted by Crippen LogP contribution is -2.49. The number of hydrogen-bond acceptors (Lipinski definition) is 3. The first-order chi connectivity index (χ1) is 5.83. The molecule has 72 valence electrons. The van der Waals surface area contributed by atoms with Crippen molar-refractivity contribution >= 4 is 0 Å². The van der Waals surface area contributed by atoms with E-state index < -0.39 is 0 Å². The molecule has 3 heteroatoms. The van der Waals surface area contributed by atoms with Gasteiger partial charge in [-0.2, -0.15) is 0 Å². The summed E-state index contributed by atoms with van der Waals surface area (Å²) in [5.74, 6) is 0. The Kier molecular flexibility index (Phi) is 4.58. The standard InChI is InChI=1S/C9H21N3/c1-3-10-5-4-9-8-12(2)7-6-11-9/h9-11H,3-8H2,1-2H3/t9-/m1/s1. The van der Waals surface area contributed by atoms with Gasteiger partial charge in [0.25, 0.3) is 0 Å². The van der Waals surface area contributed by atoms with Crippen LogP contribution in [0.3, 0.4) is 0 Å². The van der Waals surface area contributed by atoms with E-state index in [0.29, 0.717) is 6.04 Å². The summed E-state index contributed by atoms with van der Waals surface area (Å²) in [5, 5.41) is 6.88. The van der Waals surface area contributed by atoms with E-state index in [4.69, 9.17) is 0 Å². The highest BCUT2D eigenvalue weighted by atomic mass is 15.2. The molecule has 1 aliphatic heterocycles. The van der Waals surface area contributed by atoms with E-state index >= 15 is 0 Å². The topological polar surface area (TPSA) is 27.3 Å². The van der Waals surface area contributed by atoms with Crippen molar-refractivity contribution in [2.45, 2.75) is 19.4 Å². The molecule has 2 N–H and O–H groups in total. The fourth-order valence-corrected chi connectivity index (χ4v) is 1.64. The second-order valence-corrected chi connectivity index (χ2v) is 3.56. The highest BCUT2D eigenvalue weighted by Crippen LogP contribution is 1.98. The molecule has 0 aromatic rings. The zero-order chi connectivity index (χ0) is 8.81. The highest BCUT2D eigenvalue weighted by molar-refractivity contribution is 4.76. The van der Waals surface area contributed by atoms with Crippen molar-refractivity contribution < 1.29 is 0 Å². The van der Waals surface area contributed by atoms with Gasteiger partial charge in [-0.15, -0.1) is 0 Å². The minimum absolute atomic E-state index is 0.697. The van der Waals surface area contributed by atoms with Gasteiger partial charge in [-0.1, -0.05) is 6.92 Å². The van der Waals surface area contributed by atoms with E-state index in [2.05, 4.69) is 29.5 Å². The van der Waals surface area contributed by atoms with Gasteiger partial charge in [0.2, 0.25) is 0 Å². The van der Waals surface area contributed by atoms with Gasteiger partial charge in [0.05, 0.1) is 0 Å². The van der Waals surface area contributed by atoms with Crippen LogP contribution in [0.1, 0.15) is 13.3 Å². The second kappa shape index (κ2) is 5.51. The van der Waals surface area contributed by atoms with E-state index in [1.807, 2.05) is 0 Å². The van der Waals surface area contributed by atoms with Crippen molar-refractivity contribution in [2.24, 2.45) is 0 Å². The van der Waals surface area contributed by atoms with Crippen LogP contribution in [0.5, 0.6) is 0 Å². The molecule has 0 aliphatic carbocycles. The maximum absolute atomic E-state index is 3.53. The van der Waals surface area contributed by atoms with Gasteiger partial charge >= 0.3 is 0 Å². The predicted octanol–water partition coefficient (Wildman–Crippen LogP) is -0.110. The lowest BCUT2D eigenvalue weighted by atomic mass is 10.1. The SMILES string of the molecule is CCNCC[C@@H]1CN(C)CCN1. The number of piperazine rings is 1. The molecule has 0 bridgehead atoms. The molecule has 0 aromatic heterocycles. The largest absolute Gasteiger partial charge is 0.317 e. The van der Waals surface area contributed by atoms with E-state index in [1.165, 1.54) is 19.5 Å². The Morgan fingerprint density at radius 3 is 3.08 bits per heavy atom. The molecule has 3 nitrogen and oxygen atoms in total. The van der Waals surface area contributed by atoms with Crippen LogP contribution in [-0.4, -0.2) is 50.7 Å². The van der Waals surface area contributed by atoms with Crippen LogP contribution in [0, 0.1) is 0 Å². The Balaban J connectivity index is 2.06. The summed E-state index contributed by atoms with van der Waals surface area (Å²) in [4.78, 5) is 2.40. The smallest absolute Gasteiger partial charge is 0.0207 e. The van der Waals surface area contributed by atoms with Crippen LogP contribution in [0.15, 0.2) is 0 Å². The Labute approximate surface area is 75.5 Å². The van der Waals surface area contributed by atoms with Gasteiger partial charge in [0.1, 0.15) is 0 Å². The zero-order valence-electron chi connectivity index (χ0n) is 8.27. The summed E-state index contributed by atoms with van der Waals surface area (Å²) in [7, 11) is 2.20. The van der Waals surface area contributed by atoms with Gasteiger partial charge < -0.3 is 15.5 Å². The maximum atomic E-state index is 3.53. The van der Waals surface area contributed by atoms with Crippen LogP contribution >= 0.6 is 0 Å². The average Bonchev–Trinajstić information content (AvgIpc) is 2.05. The van der Waals surface area contributed by atoms with Crippen molar-refractivity contribution in [1.82, 2.24) is 15.5 Å². The summed E-state index contributed by atoms with van der Waals surface area (Å²) >= 11 is 0. The molecule has 0 radical (unpaired) electrons. The third kappa shape index (κ3) is 3.52. The molecule has 0 aromatic carbocycles. The fraction of sp³-hybridized carbons (Fsp3) is 1.00. The van der Waals surface area contributed by atoms with Crippen LogP contribution in [0.4, 0.5) is 0 Å². The third-order valence-electron chi connectivity index (χ3n) is 2.38. The fourth-order valence-electron chi connectivity index (χ4n) is 1.64. The number of likely N-dealkylation sites (N-methyl/N-ethyl adjacent to an activating group) is 1. The van der Waals surface area contributed by atoms with E-state index in [-0.39, 0.29) is 0 Å². The summed E-state index contributed by atoms with van der Waals surface area (Å²) in [6.45, 7) is 7.92. The molecular weight excluding hydrogens is 150 g/mol. The van der Waals surface area contributed by atoms with Crippen LogP contribution < -0.4 is 10.6 Å². The second-order valence-electron chi connectivity index (χ2n) is 3.56. The van der Waals surface area contributed by atoms with E-state index in [9.17, 15) is 0 Å². The van der Waals surface area contributed by atoms with Gasteiger partial charge in [0, 0.05) is 25.7 Å². The molecule has 1 aliphatic rings. The van der Waals surface area contributed by atoms with Gasteiger partial charge in [-0.05, 0) is 26.6 Å². The van der Waals surface area contributed by atoms with E-state index in [0.717, 1.165) is 19.6 Å². The molecule has 1 fully saturated rings. The number of nitrogens with one attached hydrogen (secondary N) is 2. The molecule has 12 heavy (non-hydrogen) atoms. The highest BCUT2D eigenvalue weighted by Gasteiger charge is 2.14. The third-order valence-corrected chi connectivity index (χ3v) is 2.38. The first kappa shape index (κ1) is 9.96.